The highest BCUT2D eigenvalue weighted by Gasteiger charge is 2.16. The van der Waals surface area contributed by atoms with Gasteiger partial charge < -0.3 is 10.8 Å². The van der Waals surface area contributed by atoms with Gasteiger partial charge in [0, 0.05) is 17.2 Å². The van der Waals surface area contributed by atoms with E-state index in [4.69, 9.17) is 5.73 Å². The van der Waals surface area contributed by atoms with E-state index in [1.54, 1.807) is 18.7 Å². The first-order chi connectivity index (χ1) is 7.03. The largest absolute Gasteiger partial charge is 0.389 e. The summed E-state index contributed by atoms with van der Waals surface area (Å²) in [5.41, 5.74) is 5.99. The smallest absolute Gasteiger partial charge is 0.0749 e. The molecule has 0 amide bonds. The molecule has 0 spiro atoms. The first-order valence-electron chi connectivity index (χ1n) is 5.15. The minimum Gasteiger partial charge on any atom is -0.389 e. The van der Waals surface area contributed by atoms with Gasteiger partial charge in [0.05, 0.1) is 5.60 Å². The third-order valence-corrected chi connectivity index (χ3v) is 3.33. The molecule has 0 fully saturated rings. The van der Waals surface area contributed by atoms with Gasteiger partial charge in [-0.3, -0.25) is 0 Å². The van der Waals surface area contributed by atoms with Crippen LogP contribution in [0.25, 0.3) is 0 Å². The van der Waals surface area contributed by atoms with Crippen molar-refractivity contribution in [2.24, 2.45) is 5.73 Å². The van der Waals surface area contributed by atoms with Crippen LogP contribution in [0.5, 0.6) is 0 Å². The Morgan fingerprint density at radius 1 is 1.47 bits per heavy atom. The maximum absolute atomic E-state index is 9.72. The zero-order valence-electron chi connectivity index (χ0n) is 9.36. The predicted octanol–water partition coefficient (Wildman–Crippen LogP) is 2.19. The van der Waals surface area contributed by atoms with Crippen molar-refractivity contribution in [1.82, 2.24) is 0 Å². The first kappa shape index (κ1) is 12.6. The lowest BCUT2D eigenvalue weighted by Gasteiger charge is -2.20. The number of thioether (sulfide) groups is 1. The molecular formula is C12H19NOS. The van der Waals surface area contributed by atoms with E-state index in [-0.39, 0.29) is 0 Å². The van der Waals surface area contributed by atoms with E-state index >= 15 is 0 Å². The van der Waals surface area contributed by atoms with Crippen LogP contribution in [0.15, 0.2) is 29.2 Å². The van der Waals surface area contributed by atoms with E-state index in [1.807, 2.05) is 0 Å². The molecule has 1 aromatic carbocycles. The Bertz CT molecular complexity index is 312. The zero-order chi connectivity index (χ0) is 11.3. The fourth-order valence-corrected chi connectivity index (χ4v) is 2.42. The van der Waals surface area contributed by atoms with Gasteiger partial charge in [0.2, 0.25) is 0 Å². The van der Waals surface area contributed by atoms with Gasteiger partial charge in [-0.15, -0.1) is 11.8 Å². The van der Waals surface area contributed by atoms with Crippen LogP contribution in [0.4, 0.5) is 0 Å². The predicted molar refractivity (Wildman–Crippen MR) is 66.2 cm³/mol. The van der Waals surface area contributed by atoms with Gasteiger partial charge in [0.15, 0.2) is 0 Å². The second kappa shape index (κ2) is 5.54. The number of hydrogen-bond acceptors (Lipinski definition) is 3. The Kier molecular flexibility index (Phi) is 4.64. The van der Waals surface area contributed by atoms with Crippen LogP contribution in [0.2, 0.25) is 0 Å². The lowest BCUT2D eigenvalue weighted by atomic mass is 10.1. The van der Waals surface area contributed by atoms with Crippen LogP contribution >= 0.6 is 11.8 Å². The molecule has 0 aromatic heterocycles. The number of aryl methyl sites for hydroxylation is 1. The highest BCUT2D eigenvalue weighted by molar-refractivity contribution is 7.99. The first-order valence-corrected chi connectivity index (χ1v) is 6.14. The molecule has 0 heterocycles. The maximum Gasteiger partial charge on any atom is 0.0749 e. The molecular weight excluding hydrogens is 206 g/mol. The van der Waals surface area contributed by atoms with E-state index in [0.29, 0.717) is 6.54 Å². The summed E-state index contributed by atoms with van der Waals surface area (Å²) >= 11 is 1.76. The van der Waals surface area contributed by atoms with Crippen LogP contribution in [0.1, 0.15) is 18.9 Å². The van der Waals surface area contributed by atoms with Crippen molar-refractivity contribution >= 4 is 11.8 Å². The summed E-state index contributed by atoms with van der Waals surface area (Å²) in [6.45, 7) is 4.19. The van der Waals surface area contributed by atoms with Crippen molar-refractivity contribution < 1.29 is 5.11 Å². The fraction of sp³-hybridized carbons (Fsp3) is 0.500. The molecule has 0 aliphatic rings. The third kappa shape index (κ3) is 4.69. The second-order valence-corrected chi connectivity index (χ2v) is 5.28. The fourth-order valence-electron chi connectivity index (χ4n) is 1.20. The molecule has 3 heteroatoms. The molecule has 1 rings (SSSR count). The molecule has 0 saturated carbocycles. The third-order valence-electron chi connectivity index (χ3n) is 2.34. The lowest BCUT2D eigenvalue weighted by molar-refractivity contribution is 0.0665. The van der Waals surface area contributed by atoms with Gasteiger partial charge in [-0.2, -0.15) is 0 Å². The van der Waals surface area contributed by atoms with Crippen LogP contribution in [0.3, 0.4) is 0 Å². The van der Waals surface area contributed by atoms with Gasteiger partial charge in [-0.1, -0.05) is 17.7 Å². The monoisotopic (exact) mass is 225 g/mol. The summed E-state index contributed by atoms with van der Waals surface area (Å²) in [6.07, 6.45) is 0.724. The van der Waals surface area contributed by atoms with Crippen molar-refractivity contribution in [3.05, 3.63) is 29.8 Å². The number of hydrogen-bond donors (Lipinski definition) is 2. The standard InChI is InChI=1S/C12H19NOS/c1-10-4-3-5-11(8-10)15-7-6-12(2,14)9-13/h3-5,8,14H,6-7,9,13H2,1-2H3. The van der Waals surface area contributed by atoms with Gasteiger partial charge in [-0.05, 0) is 32.4 Å². The van der Waals surface area contributed by atoms with Gasteiger partial charge >= 0.3 is 0 Å². The lowest BCUT2D eigenvalue weighted by Crippen LogP contribution is -2.34. The average Bonchev–Trinajstić information content (AvgIpc) is 2.18. The maximum atomic E-state index is 9.72. The molecule has 3 N–H and O–H groups in total. The summed E-state index contributed by atoms with van der Waals surface area (Å²) in [4.78, 5) is 1.25. The van der Waals surface area contributed by atoms with Gasteiger partial charge in [0.25, 0.3) is 0 Å². The minimum atomic E-state index is -0.725. The molecule has 0 aliphatic heterocycles. The Morgan fingerprint density at radius 3 is 2.80 bits per heavy atom. The van der Waals surface area contributed by atoms with E-state index in [9.17, 15) is 5.11 Å². The topological polar surface area (TPSA) is 46.2 Å². The molecule has 1 aromatic rings. The van der Waals surface area contributed by atoms with E-state index in [1.165, 1.54) is 10.5 Å². The average molecular weight is 225 g/mol. The number of nitrogens with two attached hydrogens (primary N) is 1. The summed E-state index contributed by atoms with van der Waals surface area (Å²) < 4.78 is 0. The summed E-state index contributed by atoms with van der Waals surface area (Å²) in [5, 5.41) is 9.72. The normalized spacial score (nSPS) is 14.9. The van der Waals surface area contributed by atoms with Crippen molar-refractivity contribution in [3.63, 3.8) is 0 Å². The molecule has 84 valence electrons. The quantitative estimate of drug-likeness (QED) is 0.755. The van der Waals surface area contributed by atoms with Crippen molar-refractivity contribution in [2.45, 2.75) is 30.8 Å². The Balaban J connectivity index is 2.38. The minimum absolute atomic E-state index is 0.321. The molecule has 2 nitrogen and oxygen atoms in total. The second-order valence-electron chi connectivity index (χ2n) is 4.12. The van der Waals surface area contributed by atoms with Crippen LogP contribution in [0, 0.1) is 6.92 Å². The Hall–Kier alpha value is -0.510. The molecule has 15 heavy (non-hydrogen) atoms. The number of benzene rings is 1. The van der Waals surface area contributed by atoms with E-state index in [2.05, 4.69) is 31.2 Å². The summed E-state index contributed by atoms with van der Waals surface area (Å²) in [5.74, 6) is 0.896. The Morgan fingerprint density at radius 2 is 2.20 bits per heavy atom. The van der Waals surface area contributed by atoms with Crippen LogP contribution in [-0.2, 0) is 0 Å². The zero-order valence-corrected chi connectivity index (χ0v) is 10.2. The van der Waals surface area contributed by atoms with Crippen molar-refractivity contribution in [1.29, 1.82) is 0 Å². The van der Waals surface area contributed by atoms with Gasteiger partial charge in [0.1, 0.15) is 0 Å². The Labute approximate surface area is 95.9 Å². The highest BCUT2D eigenvalue weighted by Crippen LogP contribution is 2.22. The molecule has 0 aliphatic carbocycles. The molecule has 1 atom stereocenters. The molecule has 0 radical (unpaired) electrons. The molecule has 0 saturated heterocycles. The van der Waals surface area contributed by atoms with Crippen molar-refractivity contribution in [2.75, 3.05) is 12.3 Å². The SMILES string of the molecule is Cc1cccc(SCCC(C)(O)CN)c1. The van der Waals surface area contributed by atoms with Crippen molar-refractivity contribution in [3.8, 4) is 0 Å². The summed E-state index contributed by atoms with van der Waals surface area (Å²) in [7, 11) is 0. The van der Waals surface area contributed by atoms with E-state index in [0.717, 1.165) is 12.2 Å². The van der Waals surface area contributed by atoms with Crippen LogP contribution < -0.4 is 5.73 Å². The van der Waals surface area contributed by atoms with Gasteiger partial charge in [-0.25, -0.2) is 0 Å². The van der Waals surface area contributed by atoms with E-state index < -0.39 is 5.60 Å². The summed E-state index contributed by atoms with van der Waals surface area (Å²) in [6, 6.07) is 8.38. The molecule has 0 bridgehead atoms. The number of rotatable bonds is 5. The van der Waals surface area contributed by atoms with Crippen LogP contribution in [-0.4, -0.2) is 23.0 Å². The highest BCUT2D eigenvalue weighted by atomic mass is 32.2. The number of aliphatic hydroxyl groups is 1. The molecule has 1 unspecified atom stereocenters.